The Balaban J connectivity index is 1.99. The van der Waals surface area contributed by atoms with Crippen LogP contribution in [0.5, 0.6) is 0 Å². The average molecular weight is 316 g/mol. The van der Waals surface area contributed by atoms with Crippen LogP contribution in [-0.4, -0.2) is 21.7 Å². The van der Waals surface area contributed by atoms with Gasteiger partial charge >= 0.3 is 0 Å². The summed E-state index contributed by atoms with van der Waals surface area (Å²) < 4.78 is 1.80. The number of nitrogens with zero attached hydrogens (tertiary/aromatic N) is 3. The first kappa shape index (κ1) is 15.0. The van der Waals surface area contributed by atoms with Crippen LogP contribution in [0.3, 0.4) is 0 Å². The monoisotopic (exact) mass is 316 g/mol. The van der Waals surface area contributed by atoms with Crippen LogP contribution >= 0.6 is 11.3 Å². The van der Waals surface area contributed by atoms with Crippen molar-refractivity contribution >= 4 is 17.2 Å². The Morgan fingerprint density at radius 1 is 1.32 bits per heavy atom. The molecule has 1 heterocycles. The van der Waals surface area contributed by atoms with Gasteiger partial charge in [-0.05, 0) is 18.9 Å². The number of benzene rings is 1. The van der Waals surface area contributed by atoms with Gasteiger partial charge in [-0.25, -0.2) is 4.68 Å². The molecule has 1 fully saturated rings. The third-order valence-corrected chi connectivity index (χ3v) is 5.04. The predicted molar refractivity (Wildman–Crippen MR) is 87.5 cm³/mol. The highest BCUT2D eigenvalue weighted by Gasteiger charge is 2.15. The van der Waals surface area contributed by atoms with Gasteiger partial charge in [0.25, 0.3) is 0 Å². The van der Waals surface area contributed by atoms with Crippen molar-refractivity contribution in [2.75, 3.05) is 0 Å². The van der Waals surface area contributed by atoms with E-state index in [0.29, 0.717) is 11.6 Å². The summed E-state index contributed by atoms with van der Waals surface area (Å²) in [7, 11) is 1.90. The lowest BCUT2D eigenvalue weighted by Gasteiger charge is -2.16. The first-order valence-electron chi connectivity index (χ1n) is 7.62. The largest absolute Gasteiger partial charge is 0.366 e. The second-order valence-corrected chi connectivity index (χ2v) is 6.60. The zero-order valence-electron chi connectivity index (χ0n) is 12.7. The van der Waals surface area contributed by atoms with Gasteiger partial charge in [-0.15, -0.1) is 0 Å². The first-order chi connectivity index (χ1) is 10.6. The Hall–Kier alpha value is -1.95. The molecule has 1 saturated carbocycles. The summed E-state index contributed by atoms with van der Waals surface area (Å²) in [5.41, 5.74) is 6.73. The minimum absolute atomic E-state index is 0.402. The molecule has 6 heteroatoms. The lowest BCUT2D eigenvalue weighted by molar-refractivity contribution is 0.100. The Labute approximate surface area is 133 Å². The summed E-state index contributed by atoms with van der Waals surface area (Å²) >= 11 is 1.52. The molecule has 1 aromatic heterocycles. The van der Waals surface area contributed by atoms with Gasteiger partial charge in [0.15, 0.2) is 0 Å². The smallest absolute Gasteiger partial charge is 0.249 e. The number of hydrogen-bond acceptors (Lipinski definition) is 4. The van der Waals surface area contributed by atoms with Crippen LogP contribution in [0.25, 0.3) is 10.6 Å². The molecule has 3 rings (SSSR count). The molecule has 0 aliphatic heterocycles. The van der Waals surface area contributed by atoms with Crippen molar-refractivity contribution in [2.45, 2.75) is 38.1 Å². The number of primary amides is 1. The lowest BCUT2D eigenvalue weighted by atomic mass is 9.96. The number of rotatable bonds is 3. The third-order valence-electron chi connectivity index (χ3n) is 4.00. The highest BCUT2D eigenvalue weighted by Crippen LogP contribution is 2.24. The number of carbonyl (C=O) groups is 1. The third kappa shape index (κ3) is 3.11. The highest BCUT2D eigenvalue weighted by molar-refractivity contribution is 7.12. The van der Waals surface area contributed by atoms with Crippen molar-refractivity contribution in [1.29, 1.82) is 0 Å². The molecule has 0 bridgehead atoms. The Morgan fingerprint density at radius 2 is 2.05 bits per heavy atom. The molecule has 22 heavy (non-hydrogen) atoms. The summed E-state index contributed by atoms with van der Waals surface area (Å²) in [6.45, 7) is 0. The van der Waals surface area contributed by atoms with Gasteiger partial charge in [-0.2, -0.15) is 5.10 Å². The fourth-order valence-electron chi connectivity index (χ4n) is 2.82. The second kappa shape index (κ2) is 6.44. The molecule has 0 radical (unpaired) electrons. The van der Waals surface area contributed by atoms with E-state index in [2.05, 4.69) is 5.10 Å². The zero-order valence-corrected chi connectivity index (χ0v) is 13.5. The molecule has 1 aliphatic rings. The number of hydrogen-bond donors (Lipinski definition) is 1. The van der Waals surface area contributed by atoms with E-state index in [4.69, 9.17) is 10.7 Å². The molecule has 1 aromatic carbocycles. The quantitative estimate of drug-likeness (QED) is 0.944. The van der Waals surface area contributed by atoms with Crippen molar-refractivity contribution in [3.63, 3.8) is 0 Å². The van der Waals surface area contributed by atoms with Crippen molar-refractivity contribution in [2.24, 2.45) is 17.8 Å². The summed E-state index contributed by atoms with van der Waals surface area (Å²) in [6, 6.07) is 7.71. The van der Waals surface area contributed by atoms with Crippen LogP contribution in [0.15, 0.2) is 29.3 Å². The number of aromatic nitrogens is 2. The van der Waals surface area contributed by atoms with Crippen LogP contribution in [0.1, 0.15) is 42.5 Å². The molecule has 2 aromatic rings. The summed E-state index contributed by atoms with van der Waals surface area (Å²) in [6.07, 6.45) is 6.15. The molecule has 5 nitrogen and oxygen atoms in total. The predicted octanol–water partition coefficient (Wildman–Crippen LogP) is 2.48. The lowest BCUT2D eigenvalue weighted by Crippen LogP contribution is -2.18. The zero-order chi connectivity index (χ0) is 15.5. The maximum Gasteiger partial charge on any atom is 0.249 e. The molecule has 1 aliphatic carbocycles. The minimum atomic E-state index is -0.431. The standard InChI is InChI=1S/C16H20N4OS/c1-20-16(18-11-7-3-2-4-8-11)22-15(19-20)13-10-6-5-9-12(13)14(17)21/h5-6,9-11H,2-4,7-8H2,1H3,(H2,17,21). The molecule has 0 saturated heterocycles. The molecule has 0 spiro atoms. The van der Waals surface area contributed by atoms with Crippen LogP contribution in [0.4, 0.5) is 0 Å². The van der Waals surface area contributed by atoms with Gasteiger partial charge in [0.1, 0.15) is 5.01 Å². The number of amides is 1. The molecule has 1 amide bonds. The van der Waals surface area contributed by atoms with E-state index in [1.807, 2.05) is 25.2 Å². The van der Waals surface area contributed by atoms with Gasteiger partial charge in [0.2, 0.25) is 10.7 Å². The maximum absolute atomic E-state index is 11.6. The van der Waals surface area contributed by atoms with Crippen LogP contribution in [0, 0.1) is 0 Å². The Morgan fingerprint density at radius 3 is 2.77 bits per heavy atom. The maximum atomic E-state index is 11.6. The molecular formula is C16H20N4OS. The van der Waals surface area contributed by atoms with E-state index in [9.17, 15) is 4.79 Å². The van der Waals surface area contributed by atoms with E-state index in [1.54, 1.807) is 10.7 Å². The van der Waals surface area contributed by atoms with Crippen molar-refractivity contribution in [3.05, 3.63) is 34.6 Å². The summed E-state index contributed by atoms with van der Waals surface area (Å²) in [4.78, 5) is 17.3. The van der Waals surface area contributed by atoms with Gasteiger partial charge in [-0.3, -0.25) is 9.79 Å². The van der Waals surface area contributed by atoms with Crippen LogP contribution < -0.4 is 10.5 Å². The SMILES string of the molecule is Cn1nc(-c2ccccc2C(N)=O)sc1=NC1CCCCC1. The average Bonchev–Trinajstić information content (AvgIpc) is 2.89. The van der Waals surface area contributed by atoms with Gasteiger partial charge < -0.3 is 5.73 Å². The Kier molecular flexibility index (Phi) is 4.38. The molecular weight excluding hydrogens is 296 g/mol. The van der Waals surface area contributed by atoms with E-state index < -0.39 is 5.91 Å². The molecule has 0 unspecified atom stereocenters. The van der Waals surface area contributed by atoms with Gasteiger partial charge in [-0.1, -0.05) is 48.8 Å². The van der Waals surface area contributed by atoms with Crippen molar-refractivity contribution in [3.8, 4) is 10.6 Å². The fourth-order valence-corrected chi connectivity index (χ4v) is 3.82. The fraction of sp³-hybridized carbons (Fsp3) is 0.438. The Bertz CT molecular complexity index is 741. The normalized spacial score (nSPS) is 16.9. The van der Waals surface area contributed by atoms with E-state index in [0.717, 1.165) is 28.2 Å². The molecule has 116 valence electrons. The van der Waals surface area contributed by atoms with E-state index in [-0.39, 0.29) is 0 Å². The van der Waals surface area contributed by atoms with Gasteiger partial charge in [0.05, 0.1) is 6.04 Å². The van der Waals surface area contributed by atoms with E-state index in [1.165, 1.54) is 30.6 Å². The van der Waals surface area contributed by atoms with Crippen LogP contribution in [0.2, 0.25) is 0 Å². The van der Waals surface area contributed by atoms with Crippen LogP contribution in [-0.2, 0) is 7.05 Å². The van der Waals surface area contributed by atoms with Crippen molar-refractivity contribution in [1.82, 2.24) is 9.78 Å². The van der Waals surface area contributed by atoms with Gasteiger partial charge in [0, 0.05) is 18.2 Å². The minimum Gasteiger partial charge on any atom is -0.366 e. The van der Waals surface area contributed by atoms with E-state index >= 15 is 0 Å². The summed E-state index contributed by atoms with van der Waals surface area (Å²) in [5.74, 6) is -0.431. The molecule has 2 N–H and O–H groups in total. The number of carbonyl (C=O) groups excluding carboxylic acids is 1. The molecule has 0 atom stereocenters. The first-order valence-corrected chi connectivity index (χ1v) is 8.44. The summed E-state index contributed by atoms with van der Waals surface area (Å²) in [5, 5.41) is 5.31. The second-order valence-electron chi connectivity index (χ2n) is 5.64. The van der Waals surface area contributed by atoms with Crippen molar-refractivity contribution < 1.29 is 4.79 Å². The number of aryl methyl sites for hydroxylation is 1. The number of nitrogens with two attached hydrogens (primary N) is 1. The topological polar surface area (TPSA) is 73.3 Å². The highest BCUT2D eigenvalue weighted by atomic mass is 32.1.